The van der Waals surface area contributed by atoms with Crippen molar-refractivity contribution in [2.45, 2.75) is 31.4 Å². The summed E-state index contributed by atoms with van der Waals surface area (Å²) in [5, 5.41) is 0. The molecule has 20 heavy (non-hydrogen) atoms. The van der Waals surface area contributed by atoms with Gasteiger partial charge in [-0.1, -0.05) is 6.07 Å². The zero-order chi connectivity index (χ0) is 15.0. The van der Waals surface area contributed by atoms with Gasteiger partial charge >= 0.3 is 6.18 Å². The molecule has 2 nitrogen and oxygen atoms in total. The first-order valence-electron chi connectivity index (χ1n) is 6.37. The van der Waals surface area contributed by atoms with Gasteiger partial charge < -0.3 is 9.64 Å². The van der Waals surface area contributed by atoms with Gasteiger partial charge in [-0.05, 0) is 31.5 Å². The molecule has 6 heteroatoms. The summed E-state index contributed by atoms with van der Waals surface area (Å²) < 4.78 is 45.2. The number of nitrogens with zero attached hydrogens (tertiary/aromatic N) is 1. The molecule has 1 aromatic rings. The molecular weight excluding hydrogens is 291 g/mol. The number of rotatable bonds is 2. The van der Waals surface area contributed by atoms with E-state index in [1.165, 1.54) is 6.07 Å². The second-order valence-corrected chi connectivity index (χ2v) is 5.77. The molecule has 0 spiro atoms. The quantitative estimate of drug-likeness (QED) is 0.764. The normalized spacial score (nSPS) is 19.2. The molecule has 1 aliphatic heterocycles. The molecule has 0 bridgehead atoms. The maximum Gasteiger partial charge on any atom is 0.418 e. The number of halogens is 4. The Morgan fingerprint density at radius 3 is 2.60 bits per heavy atom. The summed E-state index contributed by atoms with van der Waals surface area (Å²) in [5.74, 6) is 0.0653. The third-order valence-corrected chi connectivity index (χ3v) is 3.77. The van der Waals surface area contributed by atoms with Crippen molar-refractivity contribution in [2.75, 3.05) is 24.7 Å². The van der Waals surface area contributed by atoms with E-state index >= 15 is 0 Å². The molecule has 1 aliphatic rings. The summed E-state index contributed by atoms with van der Waals surface area (Å²) >= 11 is 5.64. The van der Waals surface area contributed by atoms with Gasteiger partial charge in [-0.3, -0.25) is 0 Å². The van der Waals surface area contributed by atoms with Crippen LogP contribution in [0.4, 0.5) is 18.9 Å². The molecule has 1 aromatic carbocycles. The fourth-order valence-electron chi connectivity index (χ4n) is 2.43. The van der Waals surface area contributed by atoms with Crippen LogP contribution in [0.5, 0.6) is 0 Å². The Morgan fingerprint density at radius 2 is 2.05 bits per heavy atom. The lowest BCUT2D eigenvalue weighted by Crippen LogP contribution is -2.53. The van der Waals surface area contributed by atoms with Gasteiger partial charge in [0.25, 0.3) is 0 Å². The highest BCUT2D eigenvalue weighted by molar-refractivity contribution is 6.17. The average molecular weight is 308 g/mol. The van der Waals surface area contributed by atoms with Crippen molar-refractivity contribution in [1.29, 1.82) is 0 Å². The SMILES string of the molecule is CC1(C)COCCN1c1ccc(CCl)cc1C(F)(F)F. The van der Waals surface area contributed by atoms with E-state index in [9.17, 15) is 13.2 Å². The molecule has 0 radical (unpaired) electrons. The van der Waals surface area contributed by atoms with Crippen molar-refractivity contribution >= 4 is 17.3 Å². The van der Waals surface area contributed by atoms with Gasteiger partial charge in [0.2, 0.25) is 0 Å². The molecule has 1 heterocycles. The zero-order valence-corrected chi connectivity index (χ0v) is 12.2. The summed E-state index contributed by atoms with van der Waals surface area (Å²) in [7, 11) is 0. The largest absolute Gasteiger partial charge is 0.418 e. The van der Waals surface area contributed by atoms with Gasteiger partial charge in [0.15, 0.2) is 0 Å². The van der Waals surface area contributed by atoms with E-state index in [1.807, 2.05) is 13.8 Å². The number of hydrogen-bond donors (Lipinski definition) is 0. The van der Waals surface area contributed by atoms with Crippen LogP contribution in [0.15, 0.2) is 18.2 Å². The Hall–Kier alpha value is -0.940. The van der Waals surface area contributed by atoms with E-state index in [0.717, 1.165) is 6.07 Å². The number of morpholine rings is 1. The Bertz CT molecular complexity index is 488. The van der Waals surface area contributed by atoms with Gasteiger partial charge in [-0.2, -0.15) is 13.2 Å². The molecule has 0 saturated carbocycles. The number of ether oxygens (including phenoxy) is 1. The van der Waals surface area contributed by atoms with E-state index in [2.05, 4.69) is 0 Å². The molecule has 2 rings (SSSR count). The van der Waals surface area contributed by atoms with E-state index < -0.39 is 17.3 Å². The summed E-state index contributed by atoms with van der Waals surface area (Å²) in [5.41, 5.74) is -0.445. The lowest BCUT2D eigenvalue weighted by molar-refractivity contribution is -0.137. The molecule has 0 unspecified atom stereocenters. The number of alkyl halides is 4. The lowest BCUT2D eigenvalue weighted by atomic mass is 9.98. The van der Waals surface area contributed by atoms with Gasteiger partial charge in [-0.15, -0.1) is 11.6 Å². The van der Waals surface area contributed by atoms with Crippen molar-refractivity contribution in [2.24, 2.45) is 0 Å². The maximum atomic E-state index is 13.3. The second-order valence-electron chi connectivity index (χ2n) is 5.50. The van der Waals surface area contributed by atoms with Crippen LogP contribution < -0.4 is 4.90 Å². The predicted octanol–water partition coefficient (Wildman–Crippen LogP) is 4.06. The highest BCUT2D eigenvalue weighted by Gasteiger charge is 2.39. The van der Waals surface area contributed by atoms with Crippen LogP contribution >= 0.6 is 11.6 Å². The minimum absolute atomic E-state index is 0.0653. The minimum atomic E-state index is -4.40. The van der Waals surface area contributed by atoms with Crippen LogP contribution in [0.2, 0.25) is 0 Å². The van der Waals surface area contributed by atoms with Crippen molar-refractivity contribution in [1.82, 2.24) is 0 Å². The van der Waals surface area contributed by atoms with E-state index in [4.69, 9.17) is 16.3 Å². The number of hydrogen-bond acceptors (Lipinski definition) is 2. The van der Waals surface area contributed by atoms with Crippen LogP contribution in [-0.4, -0.2) is 25.3 Å². The smallest absolute Gasteiger partial charge is 0.377 e. The van der Waals surface area contributed by atoms with Crippen molar-refractivity contribution in [3.8, 4) is 0 Å². The molecule has 1 fully saturated rings. The Morgan fingerprint density at radius 1 is 1.35 bits per heavy atom. The second kappa shape index (κ2) is 5.45. The fraction of sp³-hybridized carbons (Fsp3) is 0.571. The molecule has 0 aromatic heterocycles. The molecule has 0 aliphatic carbocycles. The van der Waals surface area contributed by atoms with Gasteiger partial charge in [-0.25, -0.2) is 0 Å². The Kier molecular flexibility index (Phi) is 4.21. The zero-order valence-electron chi connectivity index (χ0n) is 11.4. The molecular formula is C14H17ClF3NO. The summed E-state index contributed by atoms with van der Waals surface area (Å²) in [6, 6.07) is 4.28. The Labute approximate surface area is 121 Å². The van der Waals surface area contributed by atoms with E-state index in [1.54, 1.807) is 11.0 Å². The maximum absolute atomic E-state index is 13.3. The van der Waals surface area contributed by atoms with E-state index in [0.29, 0.717) is 25.3 Å². The molecule has 0 atom stereocenters. The Balaban J connectivity index is 2.50. The van der Waals surface area contributed by atoms with Crippen LogP contribution in [0.25, 0.3) is 0 Å². The van der Waals surface area contributed by atoms with Crippen LogP contribution in [-0.2, 0) is 16.8 Å². The van der Waals surface area contributed by atoms with Gasteiger partial charge in [0.1, 0.15) is 0 Å². The van der Waals surface area contributed by atoms with Crippen LogP contribution in [0.3, 0.4) is 0 Å². The molecule has 0 N–H and O–H groups in total. The van der Waals surface area contributed by atoms with E-state index in [-0.39, 0.29) is 11.6 Å². The van der Waals surface area contributed by atoms with Crippen molar-refractivity contribution < 1.29 is 17.9 Å². The topological polar surface area (TPSA) is 12.5 Å². The summed E-state index contributed by atoms with van der Waals surface area (Å²) in [6.07, 6.45) is -4.40. The summed E-state index contributed by atoms with van der Waals surface area (Å²) in [4.78, 5) is 1.76. The first kappa shape index (κ1) is 15.4. The third kappa shape index (κ3) is 3.04. The fourth-order valence-corrected chi connectivity index (χ4v) is 2.60. The number of benzene rings is 1. The van der Waals surface area contributed by atoms with Gasteiger partial charge in [0.05, 0.1) is 24.3 Å². The monoisotopic (exact) mass is 307 g/mol. The average Bonchev–Trinajstić information content (AvgIpc) is 2.36. The highest BCUT2D eigenvalue weighted by atomic mass is 35.5. The standard InChI is InChI=1S/C14H17ClF3NO/c1-13(2)9-20-6-5-19(13)12-4-3-10(8-15)7-11(12)14(16,17)18/h3-4,7H,5-6,8-9H2,1-2H3. The van der Waals surface area contributed by atoms with Crippen molar-refractivity contribution in [3.05, 3.63) is 29.3 Å². The lowest BCUT2D eigenvalue weighted by Gasteiger charge is -2.44. The summed E-state index contributed by atoms with van der Waals surface area (Å²) in [6.45, 7) is 5.03. The minimum Gasteiger partial charge on any atom is -0.377 e. The molecule has 0 amide bonds. The highest BCUT2D eigenvalue weighted by Crippen LogP contribution is 2.40. The van der Waals surface area contributed by atoms with Crippen LogP contribution in [0, 0.1) is 0 Å². The van der Waals surface area contributed by atoms with Crippen molar-refractivity contribution in [3.63, 3.8) is 0 Å². The van der Waals surface area contributed by atoms with Gasteiger partial charge in [0, 0.05) is 18.1 Å². The first-order chi connectivity index (χ1) is 9.25. The van der Waals surface area contributed by atoms with Crippen LogP contribution in [0.1, 0.15) is 25.0 Å². The number of anilines is 1. The third-order valence-electron chi connectivity index (χ3n) is 3.46. The predicted molar refractivity (Wildman–Crippen MR) is 73.2 cm³/mol. The molecule has 1 saturated heterocycles. The molecule has 112 valence electrons. The first-order valence-corrected chi connectivity index (χ1v) is 6.90.